The molecular formula is C11H14N4. The number of aryl methyl sites for hydroxylation is 1. The molecule has 2 rings (SSSR count). The average Bonchev–Trinajstić information content (AvgIpc) is 2.65. The van der Waals surface area contributed by atoms with E-state index in [-0.39, 0.29) is 0 Å². The largest absolute Gasteiger partial charge is 0.382 e. The van der Waals surface area contributed by atoms with Crippen molar-refractivity contribution in [2.75, 3.05) is 17.7 Å². The molecule has 0 saturated carbocycles. The third kappa shape index (κ3) is 1.79. The van der Waals surface area contributed by atoms with Gasteiger partial charge in [-0.25, -0.2) is 0 Å². The fraction of sp³-hybridized carbons (Fsp3) is 0.182. The highest BCUT2D eigenvalue weighted by molar-refractivity contribution is 5.70. The number of hydrogen-bond donors (Lipinski definition) is 2. The van der Waals surface area contributed by atoms with Crippen LogP contribution in [0.3, 0.4) is 0 Å². The standard InChI is InChI=1S/C11H14N4/c1-8-3-5-9(6-4-8)15(2)10-7-13-14-11(10)12/h3-7H,1-2H3,(H3,12,13,14). The minimum Gasteiger partial charge on any atom is -0.382 e. The number of nitrogen functional groups attached to an aromatic ring is 1. The van der Waals surface area contributed by atoms with Crippen LogP contribution in [-0.2, 0) is 0 Å². The van der Waals surface area contributed by atoms with Gasteiger partial charge in [0.05, 0.1) is 6.20 Å². The summed E-state index contributed by atoms with van der Waals surface area (Å²) in [7, 11) is 1.96. The Bertz CT molecular complexity index is 444. The second kappa shape index (κ2) is 3.65. The van der Waals surface area contributed by atoms with E-state index >= 15 is 0 Å². The molecule has 2 aromatic rings. The maximum absolute atomic E-state index is 5.75. The third-order valence-corrected chi connectivity index (χ3v) is 2.43. The summed E-state index contributed by atoms with van der Waals surface area (Å²) in [4.78, 5) is 2.00. The highest BCUT2D eigenvalue weighted by Gasteiger charge is 2.08. The Morgan fingerprint density at radius 2 is 1.93 bits per heavy atom. The number of nitrogens with one attached hydrogen (secondary N) is 1. The van der Waals surface area contributed by atoms with Crippen LogP contribution in [0.4, 0.5) is 17.2 Å². The number of nitrogens with two attached hydrogens (primary N) is 1. The summed E-state index contributed by atoms with van der Waals surface area (Å²) in [6, 6.07) is 8.26. The molecule has 0 radical (unpaired) electrons. The van der Waals surface area contributed by atoms with Crippen molar-refractivity contribution >= 4 is 17.2 Å². The fourth-order valence-corrected chi connectivity index (χ4v) is 1.46. The van der Waals surface area contributed by atoms with E-state index in [1.54, 1.807) is 6.20 Å². The smallest absolute Gasteiger partial charge is 0.143 e. The van der Waals surface area contributed by atoms with Crippen LogP contribution in [0, 0.1) is 6.92 Å². The van der Waals surface area contributed by atoms with Crippen LogP contribution in [0.5, 0.6) is 0 Å². The van der Waals surface area contributed by atoms with Gasteiger partial charge in [0.1, 0.15) is 11.5 Å². The highest BCUT2D eigenvalue weighted by atomic mass is 15.2. The summed E-state index contributed by atoms with van der Waals surface area (Å²) >= 11 is 0. The maximum Gasteiger partial charge on any atom is 0.143 e. The molecule has 3 N–H and O–H groups in total. The van der Waals surface area contributed by atoms with E-state index in [4.69, 9.17) is 5.73 Å². The molecule has 1 aromatic heterocycles. The Morgan fingerprint density at radius 3 is 2.47 bits per heavy atom. The lowest BCUT2D eigenvalue weighted by Gasteiger charge is -2.18. The van der Waals surface area contributed by atoms with Gasteiger partial charge in [-0.15, -0.1) is 0 Å². The van der Waals surface area contributed by atoms with E-state index in [9.17, 15) is 0 Å². The van der Waals surface area contributed by atoms with E-state index in [2.05, 4.69) is 41.4 Å². The van der Waals surface area contributed by atoms with E-state index in [1.807, 2.05) is 11.9 Å². The summed E-state index contributed by atoms with van der Waals surface area (Å²) in [5, 5.41) is 6.61. The van der Waals surface area contributed by atoms with Gasteiger partial charge in [0.25, 0.3) is 0 Å². The van der Waals surface area contributed by atoms with Gasteiger partial charge in [-0.05, 0) is 19.1 Å². The van der Waals surface area contributed by atoms with Gasteiger partial charge in [0.15, 0.2) is 0 Å². The van der Waals surface area contributed by atoms with Gasteiger partial charge in [-0.3, -0.25) is 5.10 Å². The number of H-pyrrole nitrogens is 1. The van der Waals surface area contributed by atoms with Gasteiger partial charge in [0.2, 0.25) is 0 Å². The van der Waals surface area contributed by atoms with Crippen LogP contribution >= 0.6 is 0 Å². The van der Waals surface area contributed by atoms with Crippen LogP contribution in [0.15, 0.2) is 30.5 Å². The minimum atomic E-state index is 0.582. The van der Waals surface area contributed by atoms with Crippen molar-refractivity contribution in [2.45, 2.75) is 6.92 Å². The number of hydrogen-bond acceptors (Lipinski definition) is 3. The minimum absolute atomic E-state index is 0.582. The summed E-state index contributed by atoms with van der Waals surface area (Å²) in [5.41, 5.74) is 8.97. The lowest BCUT2D eigenvalue weighted by Crippen LogP contribution is -2.10. The maximum atomic E-state index is 5.75. The molecule has 15 heavy (non-hydrogen) atoms. The Balaban J connectivity index is 2.32. The molecule has 4 nitrogen and oxygen atoms in total. The van der Waals surface area contributed by atoms with Gasteiger partial charge >= 0.3 is 0 Å². The number of nitrogens with zero attached hydrogens (tertiary/aromatic N) is 2. The quantitative estimate of drug-likeness (QED) is 0.783. The van der Waals surface area contributed by atoms with Crippen molar-refractivity contribution in [3.8, 4) is 0 Å². The van der Waals surface area contributed by atoms with Gasteiger partial charge in [0, 0.05) is 12.7 Å². The van der Waals surface area contributed by atoms with Crippen LogP contribution in [0.1, 0.15) is 5.56 Å². The number of benzene rings is 1. The molecular weight excluding hydrogens is 188 g/mol. The molecule has 0 atom stereocenters. The van der Waals surface area contributed by atoms with Gasteiger partial charge in [-0.1, -0.05) is 17.7 Å². The molecule has 0 amide bonds. The normalized spacial score (nSPS) is 10.3. The molecule has 0 saturated heterocycles. The zero-order chi connectivity index (χ0) is 10.8. The zero-order valence-electron chi connectivity index (χ0n) is 8.86. The Morgan fingerprint density at radius 1 is 1.27 bits per heavy atom. The van der Waals surface area contributed by atoms with Crippen molar-refractivity contribution in [3.63, 3.8) is 0 Å². The topological polar surface area (TPSA) is 57.9 Å². The lowest BCUT2D eigenvalue weighted by atomic mass is 10.2. The summed E-state index contributed by atoms with van der Waals surface area (Å²) in [6.07, 6.45) is 1.72. The second-order valence-corrected chi connectivity index (χ2v) is 3.56. The van der Waals surface area contributed by atoms with Crippen LogP contribution < -0.4 is 10.6 Å². The predicted molar refractivity (Wildman–Crippen MR) is 62.2 cm³/mol. The number of anilines is 3. The first kappa shape index (κ1) is 9.58. The monoisotopic (exact) mass is 202 g/mol. The number of aromatic nitrogens is 2. The predicted octanol–water partition coefficient (Wildman–Crippen LogP) is 2.07. The van der Waals surface area contributed by atoms with Crippen LogP contribution in [-0.4, -0.2) is 17.2 Å². The van der Waals surface area contributed by atoms with E-state index < -0.39 is 0 Å². The van der Waals surface area contributed by atoms with Crippen molar-refractivity contribution in [3.05, 3.63) is 36.0 Å². The van der Waals surface area contributed by atoms with Crippen molar-refractivity contribution in [1.82, 2.24) is 10.2 Å². The molecule has 78 valence electrons. The molecule has 1 aromatic carbocycles. The molecule has 0 fully saturated rings. The molecule has 0 aliphatic carbocycles. The van der Waals surface area contributed by atoms with Crippen molar-refractivity contribution in [1.29, 1.82) is 0 Å². The molecule has 0 unspecified atom stereocenters. The lowest BCUT2D eigenvalue weighted by molar-refractivity contribution is 1.10. The van der Waals surface area contributed by atoms with Crippen molar-refractivity contribution in [2.24, 2.45) is 0 Å². The molecule has 1 heterocycles. The summed E-state index contributed by atoms with van der Waals surface area (Å²) in [5.74, 6) is 0.582. The first-order valence-corrected chi connectivity index (χ1v) is 4.77. The second-order valence-electron chi connectivity index (χ2n) is 3.56. The average molecular weight is 202 g/mol. The summed E-state index contributed by atoms with van der Waals surface area (Å²) in [6.45, 7) is 2.07. The highest BCUT2D eigenvalue weighted by Crippen LogP contribution is 2.26. The summed E-state index contributed by atoms with van der Waals surface area (Å²) < 4.78 is 0. The fourth-order valence-electron chi connectivity index (χ4n) is 1.46. The van der Waals surface area contributed by atoms with E-state index in [0.29, 0.717) is 5.82 Å². The van der Waals surface area contributed by atoms with E-state index in [0.717, 1.165) is 11.4 Å². The zero-order valence-corrected chi connectivity index (χ0v) is 8.86. The molecule has 0 bridgehead atoms. The molecule has 0 aliphatic heterocycles. The number of rotatable bonds is 2. The molecule has 0 spiro atoms. The Kier molecular flexibility index (Phi) is 2.33. The van der Waals surface area contributed by atoms with Crippen LogP contribution in [0.25, 0.3) is 0 Å². The number of aromatic amines is 1. The van der Waals surface area contributed by atoms with E-state index in [1.165, 1.54) is 5.56 Å². The van der Waals surface area contributed by atoms with Gasteiger partial charge < -0.3 is 10.6 Å². The Labute approximate surface area is 88.7 Å². The van der Waals surface area contributed by atoms with Crippen molar-refractivity contribution < 1.29 is 0 Å². The molecule has 0 aliphatic rings. The Hall–Kier alpha value is -1.97. The first-order valence-electron chi connectivity index (χ1n) is 4.77. The van der Waals surface area contributed by atoms with Gasteiger partial charge in [-0.2, -0.15) is 5.10 Å². The molecule has 4 heteroatoms. The van der Waals surface area contributed by atoms with Crippen LogP contribution in [0.2, 0.25) is 0 Å². The SMILES string of the molecule is Cc1ccc(N(C)c2cn[nH]c2N)cc1. The third-order valence-electron chi connectivity index (χ3n) is 2.43. The first-order chi connectivity index (χ1) is 7.18.